The summed E-state index contributed by atoms with van der Waals surface area (Å²) in [5.74, 6) is 0.864. The van der Waals surface area contributed by atoms with Gasteiger partial charge in [-0.05, 0) is 24.3 Å². The fourth-order valence-corrected chi connectivity index (χ4v) is 3.84. The molecule has 0 N–H and O–H groups in total. The Morgan fingerprint density at radius 2 is 1.66 bits per heavy atom. The summed E-state index contributed by atoms with van der Waals surface area (Å²) >= 11 is 0. The molecule has 9 nitrogen and oxygen atoms in total. The molecule has 0 unspecified atom stereocenters. The molecule has 1 aliphatic rings. The lowest BCUT2D eigenvalue weighted by molar-refractivity contribution is 0.249. The highest BCUT2D eigenvalue weighted by Gasteiger charge is 2.19. The van der Waals surface area contributed by atoms with Crippen molar-refractivity contribution in [2.45, 2.75) is 6.54 Å². The van der Waals surface area contributed by atoms with Gasteiger partial charge < -0.3 is 14.2 Å². The van der Waals surface area contributed by atoms with E-state index in [1.807, 2.05) is 16.7 Å². The third-order valence-electron chi connectivity index (χ3n) is 5.68. The molecular weight excluding hydrogens is 372 g/mol. The number of hydrogen-bond acceptors (Lipinski definition) is 6. The Labute approximate surface area is 168 Å². The van der Waals surface area contributed by atoms with Crippen LogP contribution >= 0.6 is 0 Å². The van der Waals surface area contributed by atoms with Gasteiger partial charge >= 0.3 is 5.69 Å². The predicted molar refractivity (Wildman–Crippen MR) is 112 cm³/mol. The lowest BCUT2D eigenvalue weighted by Crippen LogP contribution is -2.47. The average molecular weight is 398 g/mol. The van der Waals surface area contributed by atoms with Crippen molar-refractivity contribution in [3.8, 4) is 5.75 Å². The number of hydrogen-bond donors (Lipinski definition) is 0. The molecule has 0 aliphatic carbocycles. The van der Waals surface area contributed by atoms with Crippen molar-refractivity contribution in [2.24, 2.45) is 14.1 Å². The molecule has 1 fully saturated rings. The van der Waals surface area contributed by atoms with Crippen LogP contribution in [0.1, 0.15) is 0 Å². The number of imidazole rings is 1. The minimum absolute atomic E-state index is 0.301. The molecule has 3 aromatic rings. The van der Waals surface area contributed by atoms with E-state index in [9.17, 15) is 9.59 Å². The number of benzene rings is 1. The summed E-state index contributed by atoms with van der Waals surface area (Å²) in [5.41, 5.74) is 1.46. The van der Waals surface area contributed by atoms with Crippen LogP contribution in [0.15, 0.2) is 40.2 Å². The Kier molecular flexibility index (Phi) is 5.14. The summed E-state index contributed by atoms with van der Waals surface area (Å²) in [7, 11) is 4.81. The molecule has 154 valence electrons. The molecular formula is C20H26N6O3. The minimum Gasteiger partial charge on any atom is -0.497 e. The zero-order chi connectivity index (χ0) is 20.5. The Bertz CT molecular complexity index is 1120. The molecule has 4 rings (SSSR count). The summed E-state index contributed by atoms with van der Waals surface area (Å²) < 4.78 is 9.63. The Morgan fingerprint density at radius 1 is 0.966 bits per heavy atom. The number of aryl methyl sites for hydroxylation is 1. The van der Waals surface area contributed by atoms with Crippen LogP contribution < -0.4 is 20.9 Å². The topological polar surface area (TPSA) is 77.5 Å². The average Bonchev–Trinajstić information content (AvgIpc) is 3.19. The SMILES string of the molecule is COc1ccc(N2CCN(CCn3cnc4c3c(=O)n(C)c(=O)n4C)CC2)cc1. The number of methoxy groups -OCH3 is 1. The third kappa shape index (κ3) is 3.53. The summed E-state index contributed by atoms with van der Waals surface area (Å²) in [6, 6.07) is 8.15. The highest BCUT2D eigenvalue weighted by molar-refractivity contribution is 5.69. The molecule has 2 aromatic heterocycles. The maximum Gasteiger partial charge on any atom is 0.332 e. The van der Waals surface area contributed by atoms with E-state index in [2.05, 4.69) is 26.9 Å². The maximum atomic E-state index is 12.5. The number of piperazine rings is 1. The van der Waals surface area contributed by atoms with Gasteiger partial charge in [0.1, 0.15) is 5.75 Å². The van der Waals surface area contributed by atoms with Crippen LogP contribution in [0, 0.1) is 0 Å². The lowest BCUT2D eigenvalue weighted by Gasteiger charge is -2.36. The van der Waals surface area contributed by atoms with Crippen molar-refractivity contribution in [3.05, 3.63) is 51.4 Å². The molecule has 0 radical (unpaired) electrons. The van der Waals surface area contributed by atoms with Crippen molar-refractivity contribution < 1.29 is 4.74 Å². The highest BCUT2D eigenvalue weighted by atomic mass is 16.5. The van der Waals surface area contributed by atoms with Gasteiger partial charge in [0.05, 0.1) is 13.4 Å². The minimum atomic E-state index is -0.359. The van der Waals surface area contributed by atoms with Crippen LogP contribution in [0.2, 0.25) is 0 Å². The van der Waals surface area contributed by atoms with Crippen LogP contribution in [0.25, 0.3) is 11.2 Å². The molecule has 0 amide bonds. The fraction of sp³-hybridized carbons (Fsp3) is 0.450. The number of aromatic nitrogens is 4. The first kappa shape index (κ1) is 19.3. The number of ether oxygens (including phenoxy) is 1. The lowest BCUT2D eigenvalue weighted by atomic mass is 10.2. The summed E-state index contributed by atoms with van der Waals surface area (Å²) in [6.45, 7) is 5.30. The third-order valence-corrected chi connectivity index (χ3v) is 5.68. The normalized spacial score (nSPS) is 15.2. The zero-order valence-corrected chi connectivity index (χ0v) is 17.0. The van der Waals surface area contributed by atoms with Gasteiger partial charge in [0.2, 0.25) is 0 Å². The summed E-state index contributed by atoms with van der Waals surface area (Å²) in [5, 5.41) is 0. The molecule has 0 bridgehead atoms. The van der Waals surface area contributed by atoms with Crippen LogP contribution in [0.5, 0.6) is 5.75 Å². The molecule has 0 saturated carbocycles. The number of nitrogens with zero attached hydrogens (tertiary/aromatic N) is 6. The van der Waals surface area contributed by atoms with Gasteiger partial charge in [-0.3, -0.25) is 18.8 Å². The van der Waals surface area contributed by atoms with Gasteiger partial charge in [-0.2, -0.15) is 0 Å². The van der Waals surface area contributed by atoms with Crippen LogP contribution in [0.3, 0.4) is 0 Å². The Hall–Kier alpha value is -3.07. The van der Waals surface area contributed by atoms with Gasteiger partial charge in [-0.25, -0.2) is 9.78 Å². The van der Waals surface area contributed by atoms with Crippen molar-refractivity contribution in [1.29, 1.82) is 0 Å². The van der Waals surface area contributed by atoms with E-state index in [0.29, 0.717) is 17.7 Å². The highest BCUT2D eigenvalue weighted by Crippen LogP contribution is 2.20. The number of fused-ring (bicyclic) bond motifs is 1. The largest absolute Gasteiger partial charge is 0.497 e. The van der Waals surface area contributed by atoms with Gasteiger partial charge in [0, 0.05) is 59.1 Å². The first-order valence-electron chi connectivity index (χ1n) is 9.72. The smallest absolute Gasteiger partial charge is 0.332 e. The second-order valence-electron chi connectivity index (χ2n) is 7.34. The molecule has 9 heteroatoms. The van der Waals surface area contributed by atoms with Crippen molar-refractivity contribution in [1.82, 2.24) is 23.6 Å². The van der Waals surface area contributed by atoms with Gasteiger partial charge in [0.25, 0.3) is 5.56 Å². The number of anilines is 1. The van der Waals surface area contributed by atoms with Gasteiger partial charge in [-0.15, -0.1) is 0 Å². The maximum absolute atomic E-state index is 12.5. The van der Waals surface area contributed by atoms with Crippen LogP contribution in [-0.4, -0.2) is 63.4 Å². The quantitative estimate of drug-likeness (QED) is 0.614. The number of rotatable bonds is 5. The first-order chi connectivity index (χ1) is 14.0. The van der Waals surface area contributed by atoms with Gasteiger partial charge in [-0.1, -0.05) is 0 Å². The van der Waals surface area contributed by atoms with Crippen molar-refractivity contribution in [3.63, 3.8) is 0 Å². The Morgan fingerprint density at radius 3 is 2.31 bits per heavy atom. The molecule has 1 saturated heterocycles. The first-order valence-corrected chi connectivity index (χ1v) is 9.72. The molecule has 29 heavy (non-hydrogen) atoms. The van der Waals surface area contributed by atoms with Crippen molar-refractivity contribution in [2.75, 3.05) is 44.7 Å². The van der Waals surface area contributed by atoms with E-state index in [4.69, 9.17) is 4.74 Å². The molecule has 0 atom stereocenters. The molecule has 1 aromatic carbocycles. The Balaban J connectivity index is 1.41. The van der Waals surface area contributed by atoms with E-state index >= 15 is 0 Å². The second kappa shape index (κ2) is 7.75. The van der Waals surface area contributed by atoms with Crippen LogP contribution in [0.4, 0.5) is 5.69 Å². The van der Waals surface area contributed by atoms with E-state index in [-0.39, 0.29) is 11.2 Å². The fourth-order valence-electron chi connectivity index (χ4n) is 3.84. The van der Waals surface area contributed by atoms with E-state index in [0.717, 1.165) is 43.0 Å². The van der Waals surface area contributed by atoms with E-state index in [1.54, 1.807) is 20.5 Å². The van der Waals surface area contributed by atoms with E-state index < -0.39 is 0 Å². The van der Waals surface area contributed by atoms with E-state index in [1.165, 1.54) is 17.3 Å². The standard InChI is InChI=1S/C20H26N6O3/c1-22-18-17(19(27)23(2)20(22)28)26(14-21-18)13-10-24-8-11-25(12-9-24)15-4-6-16(29-3)7-5-15/h4-7,14H,8-13H2,1-3H3. The van der Waals surface area contributed by atoms with Gasteiger partial charge in [0.15, 0.2) is 11.2 Å². The molecule has 0 spiro atoms. The second-order valence-corrected chi connectivity index (χ2v) is 7.34. The summed E-state index contributed by atoms with van der Waals surface area (Å²) in [6.07, 6.45) is 1.65. The summed E-state index contributed by atoms with van der Waals surface area (Å²) in [4.78, 5) is 33.6. The van der Waals surface area contributed by atoms with Crippen LogP contribution in [-0.2, 0) is 20.6 Å². The molecule has 1 aliphatic heterocycles. The zero-order valence-electron chi connectivity index (χ0n) is 17.0. The monoisotopic (exact) mass is 398 g/mol. The molecule has 3 heterocycles. The predicted octanol–water partition coefficient (Wildman–Crippen LogP) is 0.265. The van der Waals surface area contributed by atoms with Crippen molar-refractivity contribution >= 4 is 16.9 Å².